The van der Waals surface area contributed by atoms with Crippen molar-refractivity contribution in [2.24, 2.45) is 0 Å². The number of carboxylic acids is 1. The van der Waals surface area contributed by atoms with Crippen LogP contribution < -0.4 is 4.72 Å². The summed E-state index contributed by atoms with van der Waals surface area (Å²) in [7, 11) is -1.38. The zero-order valence-electron chi connectivity index (χ0n) is 11.8. The molecule has 2 atom stereocenters. The van der Waals surface area contributed by atoms with Crippen LogP contribution in [0.2, 0.25) is 0 Å². The highest BCUT2D eigenvalue weighted by atomic mass is 32.2. The van der Waals surface area contributed by atoms with E-state index in [0.717, 1.165) is 5.56 Å². The molecule has 1 aromatic rings. The van der Waals surface area contributed by atoms with E-state index >= 15 is 0 Å². The minimum Gasteiger partial charge on any atom is -0.481 e. The van der Waals surface area contributed by atoms with Gasteiger partial charge in [0, 0.05) is 5.56 Å². The third kappa shape index (κ3) is 4.14. The molecule has 0 fully saturated rings. The van der Waals surface area contributed by atoms with Gasteiger partial charge in [0.05, 0.1) is 33.9 Å². The van der Waals surface area contributed by atoms with E-state index in [0.29, 0.717) is 11.5 Å². The maximum absolute atomic E-state index is 12.1. The first-order valence-electron chi connectivity index (χ1n) is 5.95. The van der Waals surface area contributed by atoms with Crippen LogP contribution in [0.25, 0.3) is 0 Å². The van der Waals surface area contributed by atoms with E-state index in [-0.39, 0.29) is 6.42 Å². The molecule has 0 aliphatic rings. The smallest absolute Gasteiger partial charge is 0.305 e. The van der Waals surface area contributed by atoms with Gasteiger partial charge in [-0.3, -0.25) is 4.79 Å². The number of hydrogen-bond donors (Lipinski definition) is 2. The number of aromatic nitrogens is 1. The number of aliphatic carboxylic acids is 1. The lowest BCUT2D eigenvalue weighted by molar-refractivity contribution is -0.137. The van der Waals surface area contributed by atoms with Gasteiger partial charge in [0.15, 0.2) is 5.76 Å². The summed E-state index contributed by atoms with van der Waals surface area (Å²) in [6.45, 7) is 9.02. The zero-order valence-corrected chi connectivity index (χ0v) is 12.6. The van der Waals surface area contributed by atoms with Crippen molar-refractivity contribution in [2.45, 2.75) is 51.8 Å². The molecule has 1 aromatic heterocycles. The highest BCUT2D eigenvalue weighted by molar-refractivity contribution is 7.84. The molecule has 0 amide bonds. The largest absolute Gasteiger partial charge is 0.481 e. The van der Waals surface area contributed by atoms with E-state index in [4.69, 9.17) is 9.63 Å². The monoisotopic (exact) mass is 288 g/mol. The van der Waals surface area contributed by atoms with Crippen LogP contribution in [0.3, 0.4) is 0 Å². The average Bonchev–Trinajstić information content (AvgIpc) is 2.56. The number of carboxylic acid groups (broad SMARTS) is 1. The lowest BCUT2D eigenvalue weighted by Crippen LogP contribution is -2.36. The Kier molecular flexibility index (Phi) is 4.86. The van der Waals surface area contributed by atoms with Crippen molar-refractivity contribution in [1.82, 2.24) is 9.88 Å². The van der Waals surface area contributed by atoms with Gasteiger partial charge in [-0.05, 0) is 34.6 Å². The van der Waals surface area contributed by atoms with Gasteiger partial charge in [-0.25, -0.2) is 8.93 Å². The molecular weight excluding hydrogens is 268 g/mol. The van der Waals surface area contributed by atoms with Crippen molar-refractivity contribution in [3.05, 3.63) is 17.0 Å². The number of nitrogens with zero attached hydrogens (tertiary/aromatic N) is 1. The minimum absolute atomic E-state index is 0.211. The van der Waals surface area contributed by atoms with Crippen molar-refractivity contribution in [3.8, 4) is 0 Å². The van der Waals surface area contributed by atoms with Crippen molar-refractivity contribution in [2.75, 3.05) is 0 Å². The Morgan fingerprint density at radius 3 is 2.42 bits per heavy atom. The molecule has 7 heteroatoms. The predicted molar refractivity (Wildman–Crippen MR) is 72.0 cm³/mol. The van der Waals surface area contributed by atoms with E-state index in [1.807, 2.05) is 20.8 Å². The Balaban J connectivity index is 2.99. The van der Waals surface area contributed by atoms with E-state index in [9.17, 15) is 9.00 Å². The molecule has 1 rings (SSSR count). The molecule has 2 unspecified atom stereocenters. The van der Waals surface area contributed by atoms with Crippen LogP contribution in [0, 0.1) is 13.8 Å². The van der Waals surface area contributed by atoms with Gasteiger partial charge in [0.1, 0.15) is 0 Å². The van der Waals surface area contributed by atoms with Crippen LogP contribution in [0.1, 0.15) is 50.3 Å². The predicted octanol–water partition coefficient (Wildman–Crippen LogP) is 1.86. The fraction of sp³-hybridized carbons (Fsp3) is 0.667. The molecule has 0 saturated carbocycles. The molecular formula is C12H20N2O4S. The fourth-order valence-electron chi connectivity index (χ4n) is 1.43. The second-order valence-electron chi connectivity index (χ2n) is 5.41. The summed E-state index contributed by atoms with van der Waals surface area (Å²) < 4.78 is 19.6. The van der Waals surface area contributed by atoms with Gasteiger partial charge >= 0.3 is 5.97 Å². The lowest BCUT2D eigenvalue weighted by atomic mass is 10.1. The number of aryl methyl sites for hydroxylation is 1. The van der Waals surface area contributed by atoms with Gasteiger partial charge in [-0.2, -0.15) is 0 Å². The summed E-state index contributed by atoms with van der Waals surface area (Å²) >= 11 is 0. The van der Waals surface area contributed by atoms with Crippen LogP contribution in [-0.2, 0) is 15.8 Å². The topological polar surface area (TPSA) is 92.4 Å². The molecule has 6 nitrogen and oxygen atoms in total. The fourth-order valence-corrected chi connectivity index (χ4v) is 2.23. The first-order chi connectivity index (χ1) is 8.62. The van der Waals surface area contributed by atoms with Crippen LogP contribution >= 0.6 is 0 Å². The molecule has 0 spiro atoms. The van der Waals surface area contributed by atoms with E-state index in [1.54, 1.807) is 13.8 Å². The number of nitrogens with one attached hydrogen (secondary N) is 1. The molecule has 0 bridgehead atoms. The van der Waals surface area contributed by atoms with E-state index in [1.165, 1.54) is 0 Å². The van der Waals surface area contributed by atoms with E-state index < -0.39 is 27.7 Å². The molecule has 2 N–H and O–H groups in total. The second kappa shape index (κ2) is 5.83. The first-order valence-corrected chi connectivity index (χ1v) is 7.10. The molecule has 0 radical (unpaired) electrons. The summed E-state index contributed by atoms with van der Waals surface area (Å²) in [5, 5.41) is 12.8. The Labute approximate surface area is 115 Å². The standard InChI is InChI=1S/C12H20N2O4S/c1-7-8(2)13-18-11(7)9(6-10(15)16)14-19(17)12(3,4)5/h9,14H,6H2,1-5H3,(H,15,16). The molecule has 0 aliphatic heterocycles. The van der Waals surface area contributed by atoms with Crippen molar-refractivity contribution in [3.63, 3.8) is 0 Å². The second-order valence-corrected chi connectivity index (χ2v) is 7.40. The third-order valence-electron chi connectivity index (χ3n) is 2.69. The Morgan fingerprint density at radius 1 is 1.47 bits per heavy atom. The maximum atomic E-state index is 12.1. The maximum Gasteiger partial charge on any atom is 0.305 e. The Morgan fingerprint density at radius 2 is 2.05 bits per heavy atom. The van der Waals surface area contributed by atoms with E-state index in [2.05, 4.69) is 9.88 Å². The van der Waals surface area contributed by atoms with Gasteiger partial charge in [-0.15, -0.1) is 0 Å². The summed E-state index contributed by atoms with van der Waals surface area (Å²) in [4.78, 5) is 10.9. The van der Waals surface area contributed by atoms with Crippen molar-refractivity contribution < 1.29 is 18.6 Å². The Bertz CT molecular complexity index is 490. The Hall–Kier alpha value is -1.21. The number of carbonyl (C=O) groups is 1. The molecule has 19 heavy (non-hydrogen) atoms. The highest BCUT2D eigenvalue weighted by Crippen LogP contribution is 2.25. The molecule has 0 aromatic carbocycles. The zero-order chi connectivity index (χ0) is 14.8. The number of hydrogen-bond acceptors (Lipinski definition) is 4. The van der Waals surface area contributed by atoms with Crippen LogP contribution in [0.5, 0.6) is 0 Å². The van der Waals surface area contributed by atoms with Gasteiger partial charge in [-0.1, -0.05) is 5.16 Å². The normalized spacial score (nSPS) is 15.2. The SMILES string of the molecule is Cc1noc(C(CC(=O)O)NS(=O)C(C)(C)C)c1C. The first kappa shape index (κ1) is 15.8. The highest BCUT2D eigenvalue weighted by Gasteiger charge is 2.28. The van der Waals surface area contributed by atoms with Crippen LogP contribution in [-0.4, -0.2) is 25.2 Å². The minimum atomic E-state index is -1.38. The summed E-state index contributed by atoms with van der Waals surface area (Å²) in [5.74, 6) is -0.561. The van der Waals surface area contributed by atoms with Crippen molar-refractivity contribution >= 4 is 17.0 Å². The van der Waals surface area contributed by atoms with Gasteiger partial charge in [0.2, 0.25) is 0 Å². The molecule has 108 valence electrons. The van der Waals surface area contributed by atoms with Crippen LogP contribution in [0.15, 0.2) is 4.52 Å². The van der Waals surface area contributed by atoms with Crippen molar-refractivity contribution in [1.29, 1.82) is 0 Å². The lowest BCUT2D eigenvalue weighted by Gasteiger charge is -2.22. The molecule has 0 saturated heterocycles. The summed E-state index contributed by atoms with van der Waals surface area (Å²) in [6.07, 6.45) is -0.211. The average molecular weight is 288 g/mol. The van der Waals surface area contributed by atoms with Gasteiger partial charge < -0.3 is 9.63 Å². The molecule has 0 aliphatic carbocycles. The third-order valence-corrected chi connectivity index (χ3v) is 4.30. The number of rotatable bonds is 5. The summed E-state index contributed by atoms with van der Waals surface area (Å²) in [5.41, 5.74) is 1.48. The summed E-state index contributed by atoms with van der Waals surface area (Å²) in [6, 6.07) is -0.654. The van der Waals surface area contributed by atoms with Gasteiger partial charge in [0.25, 0.3) is 0 Å². The quantitative estimate of drug-likeness (QED) is 0.862. The molecule has 1 heterocycles. The van der Waals surface area contributed by atoms with Crippen LogP contribution in [0.4, 0.5) is 0 Å².